The van der Waals surface area contributed by atoms with Crippen LogP contribution in [0.1, 0.15) is 18.7 Å². The topological polar surface area (TPSA) is 547 Å². The number of fused-ring (bicyclic) bond motifs is 2. The Balaban J connectivity index is 0.916. The number of aliphatic hydroxyl groups excluding tert-OH is 4. The van der Waals surface area contributed by atoms with Crippen LogP contribution in [0.4, 0.5) is 11.9 Å². The van der Waals surface area contributed by atoms with Crippen molar-refractivity contribution in [1.82, 2.24) is 43.6 Å². The largest absolute Gasteiger partial charge is 0.490 e. The molecule has 16 atom stereocenters. The minimum Gasteiger partial charge on any atom is -0.387 e. The van der Waals surface area contributed by atoms with Gasteiger partial charge in [-0.05, 0) is 0 Å². The summed E-state index contributed by atoms with van der Waals surface area (Å²) in [6.07, 6.45) is -18.0. The zero-order chi connectivity index (χ0) is 53.3. The first kappa shape index (κ1) is 54.4. The molecule has 0 aromatic carbocycles. The number of phosphoric ester groups is 3. The molecule has 73 heavy (non-hydrogen) atoms. The second kappa shape index (κ2) is 20.4. The van der Waals surface area contributed by atoms with E-state index in [9.17, 15) is 77.4 Å². The highest BCUT2D eigenvalue weighted by Crippen LogP contribution is 2.68. The molecule has 5 aromatic heterocycles. The SMILES string of the molecule is CO[C@@H]1[C@H](OP(=O)(O)OC[C@H]2O[C@@H](n3cnc4c(=O)[nH]c(N)nc43)[C@H](O)[C@@H]2O)[C@@H](COP(=O)(O)OP(=O)(O)OP(=O)(O)OC[C@H]2O[C@@H]([n+]3cn(C)c4c(=O)[nH]c(N)nc43)[C@H](O)[C@@H]2O)O[C@H]1n1ccc(=O)[nH]c1=O. The van der Waals surface area contributed by atoms with E-state index in [4.69, 9.17) is 44.0 Å². The summed E-state index contributed by atoms with van der Waals surface area (Å²) in [5, 5.41) is 43.0. The number of nitrogens with two attached hydrogens (primary N) is 2. The molecule has 38 nitrogen and oxygen atoms in total. The number of aryl methyl sites for hydroxylation is 1. The van der Waals surface area contributed by atoms with Gasteiger partial charge in [0.15, 0.2) is 29.9 Å². The summed E-state index contributed by atoms with van der Waals surface area (Å²) < 4.78 is 107. The molecular formula is C31H43N12O26P4+. The van der Waals surface area contributed by atoms with Crippen LogP contribution in [0, 0.1) is 0 Å². The molecule has 3 aliphatic rings. The van der Waals surface area contributed by atoms with E-state index >= 15 is 0 Å². The van der Waals surface area contributed by atoms with Gasteiger partial charge in [-0.15, -0.1) is 0 Å². The third-order valence-electron chi connectivity index (χ3n) is 11.0. The van der Waals surface area contributed by atoms with Crippen molar-refractivity contribution in [3.63, 3.8) is 0 Å². The number of H-pyrrole nitrogens is 3. The zero-order valence-corrected chi connectivity index (χ0v) is 40.4. The number of aromatic nitrogens is 10. The number of aliphatic hydroxyl groups is 4. The van der Waals surface area contributed by atoms with Crippen molar-refractivity contribution >= 4 is 65.5 Å². The second-order valence-corrected chi connectivity index (χ2v) is 21.9. The summed E-state index contributed by atoms with van der Waals surface area (Å²) in [5.74, 6) is -0.654. The Labute approximate surface area is 402 Å². The predicted molar refractivity (Wildman–Crippen MR) is 231 cm³/mol. The molecule has 5 aromatic rings. The Hall–Kier alpha value is -4.82. The van der Waals surface area contributed by atoms with Crippen LogP contribution in [0.3, 0.4) is 0 Å². The van der Waals surface area contributed by atoms with Gasteiger partial charge in [0.1, 0.15) is 54.9 Å². The number of anilines is 2. The predicted octanol–water partition coefficient (Wildman–Crippen LogP) is -5.58. The first-order chi connectivity index (χ1) is 34.1. The number of aromatic amines is 3. The molecule has 42 heteroatoms. The average Bonchev–Trinajstić information content (AvgIpc) is 4.07. The lowest BCUT2D eigenvalue weighted by Gasteiger charge is -2.26. The summed E-state index contributed by atoms with van der Waals surface area (Å²) >= 11 is 0. The monoisotopic (exact) mass is 1120 g/mol. The number of hydrogen-bond acceptors (Lipinski definition) is 27. The van der Waals surface area contributed by atoms with Crippen LogP contribution in [0.5, 0.6) is 0 Å². The Morgan fingerprint density at radius 1 is 0.712 bits per heavy atom. The molecule has 0 radical (unpaired) electrons. The van der Waals surface area contributed by atoms with E-state index < -0.39 is 147 Å². The van der Waals surface area contributed by atoms with E-state index in [0.717, 1.165) is 34.8 Å². The Morgan fingerprint density at radius 2 is 1.29 bits per heavy atom. The van der Waals surface area contributed by atoms with E-state index in [-0.39, 0.29) is 34.2 Å². The van der Waals surface area contributed by atoms with Crippen molar-refractivity contribution in [2.24, 2.45) is 7.05 Å². The Kier molecular flexibility index (Phi) is 15.2. The molecule has 0 aliphatic carbocycles. The number of rotatable bonds is 19. The van der Waals surface area contributed by atoms with Crippen LogP contribution in [-0.2, 0) is 71.0 Å². The van der Waals surface area contributed by atoms with Gasteiger partial charge in [-0.2, -0.15) is 13.6 Å². The van der Waals surface area contributed by atoms with E-state index in [1.807, 2.05) is 4.98 Å². The molecule has 4 unspecified atom stereocenters. The van der Waals surface area contributed by atoms with Crippen LogP contribution >= 0.6 is 31.3 Å². The fourth-order valence-electron chi connectivity index (χ4n) is 7.86. The summed E-state index contributed by atoms with van der Waals surface area (Å²) in [7, 11) is -21.2. The number of nitrogens with one attached hydrogen (secondary N) is 3. The van der Waals surface area contributed by atoms with Crippen molar-refractivity contribution in [1.29, 1.82) is 0 Å². The highest BCUT2D eigenvalue weighted by molar-refractivity contribution is 7.66. The maximum absolute atomic E-state index is 13.5. The smallest absolute Gasteiger partial charge is 0.387 e. The fraction of sp³-hybridized carbons (Fsp3) is 0.548. The van der Waals surface area contributed by atoms with Gasteiger partial charge < -0.3 is 70.4 Å². The summed E-state index contributed by atoms with van der Waals surface area (Å²) in [4.78, 5) is 109. The number of imidazole rings is 2. The van der Waals surface area contributed by atoms with E-state index in [0.29, 0.717) is 4.57 Å². The van der Waals surface area contributed by atoms with Gasteiger partial charge >= 0.3 is 42.6 Å². The van der Waals surface area contributed by atoms with Gasteiger partial charge in [0, 0.05) is 19.4 Å². The lowest BCUT2D eigenvalue weighted by atomic mass is 10.1. The molecule has 402 valence electrons. The summed E-state index contributed by atoms with van der Waals surface area (Å²) in [6.45, 7) is -3.56. The highest BCUT2D eigenvalue weighted by atomic mass is 31.3. The molecule has 0 saturated carbocycles. The average molecular weight is 1120 g/mol. The molecule has 3 aliphatic heterocycles. The number of nitrogens with zero attached hydrogens (tertiary/aromatic N) is 7. The van der Waals surface area contributed by atoms with Crippen molar-refractivity contribution in [3.8, 4) is 0 Å². The molecule has 0 amide bonds. The van der Waals surface area contributed by atoms with Crippen LogP contribution < -0.4 is 38.4 Å². The van der Waals surface area contributed by atoms with Crippen molar-refractivity contribution in [2.75, 3.05) is 38.4 Å². The number of methoxy groups -OCH3 is 1. The van der Waals surface area contributed by atoms with Crippen molar-refractivity contribution < 1.29 is 108 Å². The van der Waals surface area contributed by atoms with Crippen LogP contribution in [0.15, 0.2) is 44.1 Å². The first-order valence-corrected chi connectivity index (χ1v) is 26.4. The van der Waals surface area contributed by atoms with Gasteiger partial charge in [-0.25, -0.2) is 32.6 Å². The van der Waals surface area contributed by atoms with E-state index in [1.54, 1.807) is 0 Å². The third kappa shape index (κ3) is 11.4. The van der Waals surface area contributed by atoms with Crippen LogP contribution in [0.2, 0.25) is 0 Å². The van der Waals surface area contributed by atoms with Gasteiger partial charge in [0.2, 0.25) is 17.7 Å². The Morgan fingerprint density at radius 3 is 1.93 bits per heavy atom. The number of nitrogen functional groups attached to an aromatic ring is 2. The molecule has 15 N–H and O–H groups in total. The molecule has 8 rings (SSSR count). The fourth-order valence-corrected chi connectivity index (χ4v) is 12.3. The summed E-state index contributed by atoms with van der Waals surface area (Å²) in [5.41, 5.74) is 7.27. The van der Waals surface area contributed by atoms with E-state index in [2.05, 4.69) is 38.1 Å². The third-order valence-corrected chi connectivity index (χ3v) is 16.3. The molecular weight excluding hydrogens is 1080 g/mol. The van der Waals surface area contributed by atoms with Crippen LogP contribution in [0.25, 0.3) is 22.3 Å². The standard InChI is InChI=1S/C31H42N12O26P4/c1-40-9-43(23-15(40)25(50)39-30(33)37-23)27-19(48)17(46)11(65-27)6-62-71(54,55)68-73(58,59)69-72(56,57)63-7-12-20(21(60-2)28(66-12)41-4-3-13(44)35-31(41)51)67-70(52,53)61-5-10-16(45)18(47)26(64-10)42-8-34-14-22(42)36-29(32)38-24(14)49/h3-4,8-12,16-21,26-28,45-48H,5-7H2,1-2H3,(H10-,32,33,35,36,37,38,39,44,49,50,51,52,53,54,55,56,57,58,59)/p+1/t10-,11-,12-,16-,17-,18-,19-,20-,21-,26-,27-,28-/m1/s1. The van der Waals surface area contributed by atoms with Crippen LogP contribution in [-0.4, -0.2) is 165 Å². The minimum absolute atomic E-state index is 0.0353. The first-order valence-electron chi connectivity index (χ1n) is 20.4. The highest BCUT2D eigenvalue weighted by Gasteiger charge is 2.54. The molecule has 3 fully saturated rings. The Bertz CT molecular complexity index is 3350. The summed E-state index contributed by atoms with van der Waals surface area (Å²) in [6, 6.07) is 0.854. The lowest BCUT2D eigenvalue weighted by molar-refractivity contribution is -0.745. The lowest BCUT2D eigenvalue weighted by Crippen LogP contribution is -2.46. The maximum Gasteiger partial charge on any atom is 0.490 e. The minimum atomic E-state index is -6.23. The van der Waals surface area contributed by atoms with Gasteiger partial charge in [-0.1, -0.05) is 4.98 Å². The maximum atomic E-state index is 13.5. The quantitative estimate of drug-likeness (QED) is 0.0271. The number of phosphoric acid groups is 4. The number of ether oxygens (including phenoxy) is 4. The van der Waals surface area contributed by atoms with Crippen molar-refractivity contribution in [2.45, 2.75) is 73.6 Å². The molecule has 8 heterocycles. The van der Waals surface area contributed by atoms with E-state index in [1.165, 1.54) is 17.9 Å². The van der Waals surface area contributed by atoms with Gasteiger partial charge in [-0.3, -0.25) is 61.1 Å². The molecule has 0 bridgehead atoms. The molecule has 3 saturated heterocycles. The second-order valence-electron chi connectivity index (χ2n) is 15.9. The number of hydrogen-bond donors (Lipinski definition) is 13. The normalized spacial score (nSPS) is 30.9. The molecule has 0 spiro atoms. The zero-order valence-electron chi connectivity index (χ0n) is 36.9. The van der Waals surface area contributed by atoms with Gasteiger partial charge in [0.05, 0.1) is 33.2 Å². The van der Waals surface area contributed by atoms with Crippen molar-refractivity contribution in [3.05, 3.63) is 66.5 Å². The van der Waals surface area contributed by atoms with Gasteiger partial charge in [0.25, 0.3) is 22.6 Å².